The molecule has 0 aliphatic carbocycles. The lowest BCUT2D eigenvalue weighted by molar-refractivity contribution is -0.122. The lowest BCUT2D eigenvalue weighted by atomic mass is 10.1. The molecule has 7 heteroatoms. The standard InChI is InChI=1S/C11H17N5OS/c1-6-8(9(12)18)11(15(3)14-6)16-5-4-13-10(17)7(16)2/h7H,4-5H2,1-3H3,(H2,12,18)(H,13,17). The number of nitrogens with zero attached hydrogens (tertiary/aromatic N) is 3. The third kappa shape index (κ3) is 1.94. The monoisotopic (exact) mass is 267 g/mol. The number of hydrogen-bond acceptors (Lipinski definition) is 4. The van der Waals surface area contributed by atoms with Gasteiger partial charge in [-0.25, -0.2) is 0 Å². The summed E-state index contributed by atoms with van der Waals surface area (Å²) in [6.07, 6.45) is 0. The summed E-state index contributed by atoms with van der Waals surface area (Å²) in [6.45, 7) is 5.07. The Kier molecular flexibility index (Phi) is 3.25. The number of amides is 1. The smallest absolute Gasteiger partial charge is 0.242 e. The SMILES string of the molecule is Cc1nn(C)c(N2CCNC(=O)C2C)c1C(N)=S. The van der Waals surface area contributed by atoms with Gasteiger partial charge in [-0.1, -0.05) is 12.2 Å². The molecule has 0 spiro atoms. The van der Waals surface area contributed by atoms with Gasteiger partial charge >= 0.3 is 0 Å². The van der Waals surface area contributed by atoms with Crippen molar-refractivity contribution in [2.45, 2.75) is 19.9 Å². The van der Waals surface area contributed by atoms with Crippen molar-refractivity contribution in [3.63, 3.8) is 0 Å². The van der Waals surface area contributed by atoms with Crippen molar-refractivity contribution < 1.29 is 4.79 Å². The molecule has 1 saturated heterocycles. The minimum Gasteiger partial charge on any atom is -0.389 e. The third-order valence-corrected chi connectivity index (χ3v) is 3.41. The first kappa shape index (κ1) is 12.8. The van der Waals surface area contributed by atoms with Crippen molar-refractivity contribution in [1.29, 1.82) is 0 Å². The van der Waals surface area contributed by atoms with Crippen LogP contribution in [0.5, 0.6) is 0 Å². The number of aryl methyl sites for hydroxylation is 2. The Bertz CT molecular complexity index is 510. The molecular weight excluding hydrogens is 250 g/mol. The lowest BCUT2D eigenvalue weighted by Crippen LogP contribution is -2.54. The van der Waals surface area contributed by atoms with Gasteiger partial charge in [-0.2, -0.15) is 5.10 Å². The van der Waals surface area contributed by atoms with E-state index in [4.69, 9.17) is 18.0 Å². The number of hydrogen-bond donors (Lipinski definition) is 2. The van der Waals surface area contributed by atoms with E-state index >= 15 is 0 Å². The van der Waals surface area contributed by atoms with Crippen LogP contribution in [0.25, 0.3) is 0 Å². The number of anilines is 1. The van der Waals surface area contributed by atoms with E-state index in [1.807, 2.05) is 25.8 Å². The largest absolute Gasteiger partial charge is 0.389 e. The van der Waals surface area contributed by atoms with Gasteiger partial charge in [0, 0.05) is 20.1 Å². The predicted octanol–water partition coefficient (Wildman–Crippen LogP) is -0.313. The number of nitrogens with one attached hydrogen (secondary N) is 1. The first-order valence-electron chi connectivity index (χ1n) is 5.81. The fraction of sp³-hybridized carbons (Fsp3) is 0.545. The summed E-state index contributed by atoms with van der Waals surface area (Å²) in [5.74, 6) is 0.830. The predicted molar refractivity (Wildman–Crippen MR) is 73.7 cm³/mol. The van der Waals surface area contributed by atoms with Crippen LogP contribution in [-0.4, -0.2) is 39.8 Å². The molecule has 0 aromatic carbocycles. The van der Waals surface area contributed by atoms with Crippen molar-refractivity contribution in [3.05, 3.63) is 11.3 Å². The van der Waals surface area contributed by atoms with Crippen LogP contribution in [0.2, 0.25) is 0 Å². The molecule has 1 atom stereocenters. The highest BCUT2D eigenvalue weighted by Crippen LogP contribution is 2.25. The second-order valence-corrected chi connectivity index (χ2v) is 4.87. The fourth-order valence-corrected chi connectivity index (χ4v) is 2.57. The maximum atomic E-state index is 11.7. The summed E-state index contributed by atoms with van der Waals surface area (Å²) in [7, 11) is 1.84. The summed E-state index contributed by atoms with van der Waals surface area (Å²) >= 11 is 5.09. The maximum absolute atomic E-state index is 11.7. The Morgan fingerprint density at radius 2 is 2.28 bits per heavy atom. The minimum atomic E-state index is -0.248. The van der Waals surface area contributed by atoms with Gasteiger partial charge in [0.05, 0.1) is 11.3 Å². The molecule has 6 nitrogen and oxygen atoms in total. The minimum absolute atomic E-state index is 0.00833. The zero-order valence-electron chi connectivity index (χ0n) is 10.7. The van der Waals surface area contributed by atoms with E-state index in [0.717, 1.165) is 23.6 Å². The molecular formula is C11H17N5OS. The van der Waals surface area contributed by atoms with Crippen LogP contribution in [0.15, 0.2) is 0 Å². The summed E-state index contributed by atoms with van der Waals surface area (Å²) in [6, 6.07) is -0.248. The summed E-state index contributed by atoms with van der Waals surface area (Å²) < 4.78 is 1.74. The number of rotatable bonds is 2. The molecule has 0 radical (unpaired) electrons. The summed E-state index contributed by atoms with van der Waals surface area (Å²) in [5.41, 5.74) is 7.31. The van der Waals surface area contributed by atoms with E-state index in [1.165, 1.54) is 0 Å². The second-order valence-electron chi connectivity index (χ2n) is 4.43. The van der Waals surface area contributed by atoms with Gasteiger partial charge in [0.15, 0.2) is 0 Å². The van der Waals surface area contributed by atoms with Gasteiger partial charge in [-0.15, -0.1) is 0 Å². The quantitative estimate of drug-likeness (QED) is 0.719. The van der Waals surface area contributed by atoms with E-state index in [2.05, 4.69) is 10.4 Å². The molecule has 1 amide bonds. The average Bonchev–Trinajstić information content (AvgIpc) is 2.57. The summed E-state index contributed by atoms with van der Waals surface area (Å²) in [5, 5.41) is 7.17. The molecule has 1 aliphatic rings. The number of aromatic nitrogens is 2. The Balaban J connectivity index is 2.50. The molecule has 3 N–H and O–H groups in total. The van der Waals surface area contributed by atoms with Gasteiger partial charge in [0.2, 0.25) is 5.91 Å². The Morgan fingerprint density at radius 3 is 2.89 bits per heavy atom. The third-order valence-electron chi connectivity index (χ3n) is 3.21. The Labute approximate surface area is 111 Å². The molecule has 1 aliphatic heterocycles. The molecule has 1 aromatic heterocycles. The number of piperazine rings is 1. The first-order valence-corrected chi connectivity index (χ1v) is 6.22. The molecule has 1 aromatic rings. The summed E-state index contributed by atoms with van der Waals surface area (Å²) in [4.78, 5) is 14.0. The van der Waals surface area contributed by atoms with Crippen molar-refractivity contribution >= 4 is 28.9 Å². The highest BCUT2D eigenvalue weighted by Gasteiger charge is 2.30. The maximum Gasteiger partial charge on any atom is 0.242 e. The van der Waals surface area contributed by atoms with Gasteiger partial charge in [0.25, 0.3) is 0 Å². The average molecular weight is 267 g/mol. The van der Waals surface area contributed by atoms with Crippen molar-refractivity contribution in [3.8, 4) is 0 Å². The van der Waals surface area contributed by atoms with E-state index in [0.29, 0.717) is 11.5 Å². The zero-order chi connectivity index (χ0) is 13.4. The second kappa shape index (κ2) is 4.56. The molecule has 0 saturated carbocycles. The molecule has 0 bridgehead atoms. The normalized spacial score (nSPS) is 19.8. The van der Waals surface area contributed by atoms with E-state index in [1.54, 1.807) is 4.68 Å². The van der Waals surface area contributed by atoms with Crippen LogP contribution in [-0.2, 0) is 11.8 Å². The van der Waals surface area contributed by atoms with Crippen LogP contribution in [0.1, 0.15) is 18.2 Å². The molecule has 2 heterocycles. The van der Waals surface area contributed by atoms with Crippen molar-refractivity contribution in [2.75, 3.05) is 18.0 Å². The van der Waals surface area contributed by atoms with Gasteiger partial charge < -0.3 is 16.0 Å². The van der Waals surface area contributed by atoms with E-state index in [9.17, 15) is 4.79 Å². The number of carbonyl (C=O) groups excluding carboxylic acids is 1. The fourth-order valence-electron chi connectivity index (χ4n) is 2.34. The highest BCUT2D eigenvalue weighted by molar-refractivity contribution is 7.80. The molecule has 2 rings (SSSR count). The first-order chi connectivity index (χ1) is 8.43. The van der Waals surface area contributed by atoms with Crippen LogP contribution in [0.3, 0.4) is 0 Å². The zero-order valence-corrected chi connectivity index (χ0v) is 11.5. The van der Waals surface area contributed by atoms with Gasteiger partial charge in [0.1, 0.15) is 16.8 Å². The lowest BCUT2D eigenvalue weighted by Gasteiger charge is -2.34. The molecule has 1 fully saturated rings. The Hall–Kier alpha value is -1.63. The topological polar surface area (TPSA) is 76.2 Å². The number of thiocarbonyl (C=S) groups is 1. The van der Waals surface area contributed by atoms with Crippen LogP contribution >= 0.6 is 12.2 Å². The molecule has 1 unspecified atom stereocenters. The highest BCUT2D eigenvalue weighted by atomic mass is 32.1. The number of carbonyl (C=O) groups is 1. The molecule has 18 heavy (non-hydrogen) atoms. The van der Waals surface area contributed by atoms with Gasteiger partial charge in [-0.3, -0.25) is 9.48 Å². The van der Waals surface area contributed by atoms with Crippen LogP contribution in [0, 0.1) is 6.92 Å². The van der Waals surface area contributed by atoms with Crippen LogP contribution in [0.4, 0.5) is 5.82 Å². The number of nitrogens with two attached hydrogens (primary N) is 1. The van der Waals surface area contributed by atoms with E-state index < -0.39 is 0 Å². The van der Waals surface area contributed by atoms with E-state index in [-0.39, 0.29) is 11.9 Å². The molecule has 98 valence electrons. The Morgan fingerprint density at radius 1 is 1.61 bits per heavy atom. The van der Waals surface area contributed by atoms with Crippen molar-refractivity contribution in [2.24, 2.45) is 12.8 Å². The van der Waals surface area contributed by atoms with Gasteiger partial charge in [-0.05, 0) is 13.8 Å². The van der Waals surface area contributed by atoms with Crippen molar-refractivity contribution in [1.82, 2.24) is 15.1 Å². The van der Waals surface area contributed by atoms with Crippen LogP contribution < -0.4 is 16.0 Å².